The molecule has 2 fully saturated rings. The number of hydrogen-bond acceptors (Lipinski definition) is 4. The molecule has 1 saturated carbocycles. The van der Waals surface area contributed by atoms with Crippen molar-refractivity contribution in [2.45, 2.75) is 77.0 Å². The number of guanidine groups is 1. The number of piperidine rings is 1. The van der Waals surface area contributed by atoms with Crippen molar-refractivity contribution >= 4 is 5.96 Å². The van der Waals surface area contributed by atoms with Crippen molar-refractivity contribution in [1.29, 1.82) is 0 Å². The van der Waals surface area contributed by atoms with Crippen molar-refractivity contribution < 1.29 is 0 Å². The standard InChI is InChI=1S/C24H37N7/c1-19-28-29-23(30(19)2)18-26-24(25-17-20-9-5-3-6-10-20)27-21-13-15-31(16-14-21)22-11-7-4-8-12-22/h3,5-6,9-10,21-22H,4,7-8,11-18H2,1-2H3,(H2,25,26,27). The molecule has 1 aromatic heterocycles. The second kappa shape index (κ2) is 10.8. The van der Waals surface area contributed by atoms with Crippen LogP contribution in [-0.4, -0.2) is 50.8 Å². The van der Waals surface area contributed by atoms with Gasteiger partial charge in [0, 0.05) is 32.2 Å². The molecule has 2 N–H and O–H groups in total. The molecular formula is C24H37N7. The Hall–Kier alpha value is -2.41. The third kappa shape index (κ3) is 6.06. The van der Waals surface area contributed by atoms with Crippen molar-refractivity contribution in [2.24, 2.45) is 12.0 Å². The monoisotopic (exact) mass is 423 g/mol. The summed E-state index contributed by atoms with van der Waals surface area (Å²) in [6.07, 6.45) is 9.36. The minimum absolute atomic E-state index is 0.461. The lowest BCUT2D eigenvalue weighted by molar-refractivity contribution is 0.119. The number of likely N-dealkylation sites (tertiary alicyclic amines) is 1. The SMILES string of the molecule is Cc1nnc(CNC(=NCc2ccccc2)NC2CCN(C3CCCCC3)CC2)n1C. The first-order valence-corrected chi connectivity index (χ1v) is 11.9. The van der Waals surface area contributed by atoms with E-state index in [4.69, 9.17) is 4.99 Å². The van der Waals surface area contributed by atoms with Crippen LogP contribution in [0.2, 0.25) is 0 Å². The Kier molecular flexibility index (Phi) is 7.57. The van der Waals surface area contributed by atoms with Crippen LogP contribution in [0, 0.1) is 6.92 Å². The van der Waals surface area contributed by atoms with Crippen LogP contribution in [0.3, 0.4) is 0 Å². The molecule has 0 spiro atoms. The quantitative estimate of drug-likeness (QED) is 0.552. The lowest BCUT2D eigenvalue weighted by atomic mass is 9.92. The van der Waals surface area contributed by atoms with Gasteiger partial charge in [-0.05, 0) is 38.2 Å². The lowest BCUT2D eigenvalue weighted by Crippen LogP contribution is -2.51. The number of hydrogen-bond donors (Lipinski definition) is 2. The molecule has 168 valence electrons. The van der Waals surface area contributed by atoms with Gasteiger partial charge in [0.1, 0.15) is 5.82 Å². The van der Waals surface area contributed by atoms with Crippen LogP contribution in [0.1, 0.15) is 62.2 Å². The maximum atomic E-state index is 4.87. The van der Waals surface area contributed by atoms with E-state index in [1.54, 1.807) is 0 Å². The normalized spacial score (nSPS) is 19.5. The molecule has 7 nitrogen and oxygen atoms in total. The summed E-state index contributed by atoms with van der Waals surface area (Å²) in [4.78, 5) is 7.60. The summed E-state index contributed by atoms with van der Waals surface area (Å²) in [5, 5.41) is 15.6. The molecule has 7 heteroatoms. The van der Waals surface area contributed by atoms with Crippen LogP contribution in [0.4, 0.5) is 0 Å². The maximum Gasteiger partial charge on any atom is 0.192 e. The number of nitrogens with one attached hydrogen (secondary N) is 2. The molecule has 1 aliphatic carbocycles. The predicted octanol–water partition coefficient (Wildman–Crippen LogP) is 3.16. The van der Waals surface area contributed by atoms with Gasteiger partial charge in [0.05, 0.1) is 13.1 Å². The van der Waals surface area contributed by atoms with Gasteiger partial charge in [-0.25, -0.2) is 4.99 Å². The first-order valence-electron chi connectivity index (χ1n) is 11.9. The van der Waals surface area contributed by atoms with Gasteiger partial charge < -0.3 is 20.1 Å². The van der Waals surface area contributed by atoms with Gasteiger partial charge in [-0.1, -0.05) is 49.6 Å². The topological polar surface area (TPSA) is 70.4 Å². The largest absolute Gasteiger partial charge is 0.354 e. The number of rotatable bonds is 6. The van der Waals surface area contributed by atoms with E-state index in [9.17, 15) is 0 Å². The molecule has 1 saturated heterocycles. The van der Waals surface area contributed by atoms with Crippen LogP contribution in [0.5, 0.6) is 0 Å². The van der Waals surface area contributed by atoms with E-state index in [2.05, 4.69) is 50.0 Å². The van der Waals surface area contributed by atoms with E-state index in [1.165, 1.54) is 63.6 Å². The van der Waals surface area contributed by atoms with E-state index < -0.39 is 0 Å². The molecule has 31 heavy (non-hydrogen) atoms. The minimum Gasteiger partial charge on any atom is -0.354 e. The third-order valence-corrected chi connectivity index (χ3v) is 6.82. The first kappa shape index (κ1) is 21.8. The molecular weight excluding hydrogens is 386 g/mol. The fourth-order valence-corrected chi connectivity index (χ4v) is 4.72. The second-order valence-corrected chi connectivity index (χ2v) is 8.97. The summed E-state index contributed by atoms with van der Waals surface area (Å²) in [6.45, 7) is 5.63. The Bertz CT molecular complexity index is 831. The molecule has 4 rings (SSSR count). The van der Waals surface area contributed by atoms with Crippen molar-refractivity contribution in [3.8, 4) is 0 Å². The minimum atomic E-state index is 0.461. The van der Waals surface area contributed by atoms with Crippen LogP contribution in [0.25, 0.3) is 0 Å². The number of nitrogens with zero attached hydrogens (tertiary/aromatic N) is 5. The molecule has 0 amide bonds. The highest BCUT2D eigenvalue weighted by atomic mass is 15.3. The van der Waals surface area contributed by atoms with Gasteiger partial charge >= 0.3 is 0 Å². The Labute approximate surface area is 186 Å². The van der Waals surface area contributed by atoms with Crippen molar-refractivity contribution in [1.82, 2.24) is 30.3 Å². The Morgan fingerprint density at radius 2 is 1.77 bits per heavy atom. The van der Waals surface area contributed by atoms with Gasteiger partial charge in [0.2, 0.25) is 0 Å². The molecule has 0 atom stereocenters. The van der Waals surface area contributed by atoms with Crippen LogP contribution in [-0.2, 0) is 20.1 Å². The van der Waals surface area contributed by atoms with E-state index in [-0.39, 0.29) is 0 Å². The summed E-state index contributed by atoms with van der Waals surface area (Å²) >= 11 is 0. The zero-order valence-electron chi connectivity index (χ0n) is 19.1. The van der Waals surface area contributed by atoms with E-state index in [0.29, 0.717) is 19.1 Å². The van der Waals surface area contributed by atoms with Crippen LogP contribution in [0.15, 0.2) is 35.3 Å². The lowest BCUT2D eigenvalue weighted by Gasteiger charge is -2.39. The smallest absolute Gasteiger partial charge is 0.192 e. The predicted molar refractivity (Wildman–Crippen MR) is 125 cm³/mol. The zero-order valence-corrected chi connectivity index (χ0v) is 19.1. The van der Waals surface area contributed by atoms with Gasteiger partial charge in [0.25, 0.3) is 0 Å². The first-order chi connectivity index (χ1) is 15.2. The average molecular weight is 424 g/mol. The average Bonchev–Trinajstić information content (AvgIpc) is 3.15. The summed E-state index contributed by atoms with van der Waals surface area (Å²) in [6, 6.07) is 11.7. The van der Waals surface area contributed by atoms with Gasteiger partial charge in [0.15, 0.2) is 11.8 Å². The molecule has 1 aromatic carbocycles. The van der Waals surface area contributed by atoms with E-state index in [0.717, 1.165) is 23.7 Å². The summed E-state index contributed by atoms with van der Waals surface area (Å²) in [7, 11) is 2.00. The van der Waals surface area contributed by atoms with Gasteiger partial charge in [-0.3, -0.25) is 0 Å². The highest BCUT2D eigenvalue weighted by Gasteiger charge is 2.26. The molecule has 2 aliphatic rings. The maximum absolute atomic E-state index is 4.87. The Morgan fingerprint density at radius 1 is 1.03 bits per heavy atom. The Balaban J connectivity index is 1.35. The number of aliphatic imine (C=N–C) groups is 1. The summed E-state index contributed by atoms with van der Waals surface area (Å²) < 4.78 is 2.02. The molecule has 0 unspecified atom stereocenters. The fraction of sp³-hybridized carbons (Fsp3) is 0.625. The molecule has 2 heterocycles. The second-order valence-electron chi connectivity index (χ2n) is 8.97. The van der Waals surface area contributed by atoms with Crippen molar-refractivity contribution in [2.75, 3.05) is 13.1 Å². The molecule has 1 aliphatic heterocycles. The van der Waals surface area contributed by atoms with Crippen molar-refractivity contribution in [3.05, 3.63) is 47.5 Å². The zero-order chi connectivity index (χ0) is 21.5. The van der Waals surface area contributed by atoms with E-state index >= 15 is 0 Å². The summed E-state index contributed by atoms with van der Waals surface area (Å²) in [5.74, 6) is 2.70. The van der Waals surface area contributed by atoms with Gasteiger partial charge in [-0.15, -0.1) is 10.2 Å². The number of aromatic nitrogens is 3. The highest BCUT2D eigenvalue weighted by molar-refractivity contribution is 5.80. The molecule has 2 aromatic rings. The van der Waals surface area contributed by atoms with Crippen LogP contribution < -0.4 is 10.6 Å². The van der Waals surface area contributed by atoms with Gasteiger partial charge in [-0.2, -0.15) is 0 Å². The van der Waals surface area contributed by atoms with Crippen molar-refractivity contribution in [3.63, 3.8) is 0 Å². The molecule has 0 bridgehead atoms. The number of benzene rings is 1. The highest BCUT2D eigenvalue weighted by Crippen LogP contribution is 2.25. The molecule has 0 radical (unpaired) electrons. The Morgan fingerprint density at radius 3 is 2.45 bits per heavy atom. The van der Waals surface area contributed by atoms with Crippen LogP contribution >= 0.6 is 0 Å². The third-order valence-electron chi connectivity index (χ3n) is 6.82. The number of aryl methyl sites for hydroxylation is 1. The fourth-order valence-electron chi connectivity index (χ4n) is 4.72. The summed E-state index contributed by atoms with van der Waals surface area (Å²) in [5.41, 5.74) is 1.21. The van der Waals surface area contributed by atoms with E-state index in [1.807, 2.05) is 24.6 Å².